The van der Waals surface area contributed by atoms with Crippen molar-refractivity contribution in [1.82, 2.24) is 24.3 Å². The third kappa shape index (κ3) is 3.58. The van der Waals surface area contributed by atoms with Crippen molar-refractivity contribution in [1.29, 1.82) is 0 Å². The number of hydrogen-bond donors (Lipinski definition) is 2. The Balaban J connectivity index is 1.68. The van der Waals surface area contributed by atoms with Gasteiger partial charge in [-0.3, -0.25) is 10.00 Å². The van der Waals surface area contributed by atoms with Crippen LogP contribution in [0.2, 0.25) is 0 Å². The Kier molecular flexibility index (Phi) is 5.02. The molecule has 0 unspecified atom stereocenters. The Hall–Kier alpha value is -1.00. The molecule has 0 bridgehead atoms. The zero-order chi connectivity index (χ0) is 16.4. The van der Waals surface area contributed by atoms with Crippen LogP contribution in [-0.4, -0.2) is 96.3 Å². The number of piperazine rings is 1. The third-order valence-electron chi connectivity index (χ3n) is 4.91. The van der Waals surface area contributed by atoms with Crippen molar-refractivity contribution >= 4 is 10.0 Å². The summed E-state index contributed by atoms with van der Waals surface area (Å²) in [5.74, 6) is 0. The van der Waals surface area contributed by atoms with E-state index in [0.717, 1.165) is 26.2 Å². The maximum absolute atomic E-state index is 12.6. The van der Waals surface area contributed by atoms with Gasteiger partial charge in [-0.05, 0) is 19.9 Å². The van der Waals surface area contributed by atoms with E-state index in [-0.39, 0.29) is 10.9 Å². The largest absolute Gasteiger partial charge is 0.391 e. The van der Waals surface area contributed by atoms with Gasteiger partial charge in [-0.1, -0.05) is 0 Å². The number of aliphatic hydroxyl groups is 1. The molecule has 2 fully saturated rings. The van der Waals surface area contributed by atoms with E-state index in [0.29, 0.717) is 25.9 Å². The summed E-state index contributed by atoms with van der Waals surface area (Å²) in [6.45, 7) is 4.60. The average Bonchev–Trinajstić information content (AvgIpc) is 3.00. The fourth-order valence-electron chi connectivity index (χ4n) is 3.40. The number of aliphatic hydroxyl groups excluding tert-OH is 1. The van der Waals surface area contributed by atoms with Crippen LogP contribution in [0.3, 0.4) is 0 Å². The lowest BCUT2D eigenvalue weighted by Crippen LogP contribution is -2.52. The van der Waals surface area contributed by atoms with Crippen molar-refractivity contribution in [3.8, 4) is 0 Å². The SMILES string of the molecule is CN1CCN([C@H]2CCN(S(=O)(=O)c3cn[nH]c3)CC[C@@H]2O)CC1. The first-order chi connectivity index (χ1) is 11.0. The summed E-state index contributed by atoms with van der Waals surface area (Å²) in [5.41, 5.74) is 0. The number of rotatable bonds is 3. The minimum Gasteiger partial charge on any atom is -0.391 e. The number of aromatic amines is 1. The maximum Gasteiger partial charge on any atom is 0.246 e. The lowest BCUT2D eigenvalue weighted by atomic mass is 10.0. The molecule has 2 saturated heterocycles. The van der Waals surface area contributed by atoms with E-state index in [1.165, 1.54) is 16.7 Å². The molecule has 1 aromatic rings. The predicted molar refractivity (Wildman–Crippen MR) is 85.4 cm³/mol. The number of likely N-dealkylation sites (N-methyl/N-ethyl adjacent to an activating group) is 1. The molecule has 0 saturated carbocycles. The Morgan fingerprint density at radius 3 is 2.52 bits per heavy atom. The molecule has 3 heterocycles. The highest BCUT2D eigenvalue weighted by atomic mass is 32.2. The van der Waals surface area contributed by atoms with E-state index < -0.39 is 16.1 Å². The third-order valence-corrected chi connectivity index (χ3v) is 6.77. The van der Waals surface area contributed by atoms with Crippen LogP contribution in [0.4, 0.5) is 0 Å². The summed E-state index contributed by atoms with van der Waals surface area (Å²) in [6.07, 6.45) is 3.36. The number of nitrogens with zero attached hydrogens (tertiary/aromatic N) is 4. The van der Waals surface area contributed by atoms with Gasteiger partial charge in [0.2, 0.25) is 10.0 Å². The number of H-pyrrole nitrogens is 1. The van der Waals surface area contributed by atoms with Crippen molar-refractivity contribution in [2.45, 2.75) is 29.9 Å². The fourth-order valence-corrected chi connectivity index (χ4v) is 4.78. The second-order valence-electron chi connectivity index (χ2n) is 6.39. The molecular formula is C14H25N5O3S. The van der Waals surface area contributed by atoms with Crippen LogP contribution in [-0.2, 0) is 10.0 Å². The lowest BCUT2D eigenvalue weighted by molar-refractivity contribution is 0.0224. The Labute approximate surface area is 137 Å². The quantitative estimate of drug-likeness (QED) is 0.744. The van der Waals surface area contributed by atoms with E-state index in [1.54, 1.807) is 0 Å². The number of nitrogens with one attached hydrogen (secondary N) is 1. The van der Waals surface area contributed by atoms with E-state index in [9.17, 15) is 13.5 Å². The van der Waals surface area contributed by atoms with Gasteiger partial charge in [0, 0.05) is 51.5 Å². The maximum atomic E-state index is 12.6. The summed E-state index contributed by atoms with van der Waals surface area (Å²) in [5, 5.41) is 16.8. The fraction of sp³-hybridized carbons (Fsp3) is 0.786. The van der Waals surface area contributed by atoms with Gasteiger partial charge < -0.3 is 10.0 Å². The van der Waals surface area contributed by atoms with Crippen LogP contribution in [0.1, 0.15) is 12.8 Å². The zero-order valence-electron chi connectivity index (χ0n) is 13.4. The van der Waals surface area contributed by atoms with Gasteiger partial charge in [-0.2, -0.15) is 9.40 Å². The van der Waals surface area contributed by atoms with Gasteiger partial charge in [-0.25, -0.2) is 8.42 Å². The summed E-state index contributed by atoms with van der Waals surface area (Å²) >= 11 is 0. The molecule has 23 heavy (non-hydrogen) atoms. The van der Waals surface area contributed by atoms with Gasteiger partial charge in [-0.15, -0.1) is 0 Å². The minimum absolute atomic E-state index is 0.0354. The summed E-state index contributed by atoms with van der Waals surface area (Å²) in [6, 6.07) is 0.0354. The number of sulfonamides is 1. The van der Waals surface area contributed by atoms with E-state index >= 15 is 0 Å². The first kappa shape index (κ1) is 16.8. The zero-order valence-corrected chi connectivity index (χ0v) is 14.2. The Bertz CT molecular complexity index is 598. The second-order valence-corrected chi connectivity index (χ2v) is 8.33. The molecule has 0 radical (unpaired) electrons. The monoisotopic (exact) mass is 343 g/mol. The van der Waals surface area contributed by atoms with Crippen LogP contribution in [0.15, 0.2) is 17.3 Å². The lowest BCUT2D eigenvalue weighted by Gasteiger charge is -2.39. The molecule has 0 aromatic carbocycles. The smallest absolute Gasteiger partial charge is 0.246 e. The number of aromatic nitrogens is 2. The molecule has 2 aliphatic heterocycles. The van der Waals surface area contributed by atoms with Gasteiger partial charge in [0.1, 0.15) is 4.90 Å². The molecule has 1 aromatic heterocycles. The van der Waals surface area contributed by atoms with Crippen LogP contribution >= 0.6 is 0 Å². The van der Waals surface area contributed by atoms with Gasteiger partial charge in [0.25, 0.3) is 0 Å². The summed E-state index contributed by atoms with van der Waals surface area (Å²) in [7, 11) is -1.43. The van der Waals surface area contributed by atoms with Gasteiger partial charge in [0.15, 0.2) is 0 Å². The molecule has 2 aliphatic rings. The predicted octanol–water partition coefficient (Wildman–Crippen LogP) is -0.829. The highest BCUT2D eigenvalue weighted by molar-refractivity contribution is 7.89. The van der Waals surface area contributed by atoms with E-state index in [4.69, 9.17) is 0 Å². The Morgan fingerprint density at radius 1 is 1.17 bits per heavy atom. The minimum atomic E-state index is -3.53. The second kappa shape index (κ2) is 6.86. The van der Waals surface area contributed by atoms with Gasteiger partial charge >= 0.3 is 0 Å². The van der Waals surface area contributed by atoms with Crippen LogP contribution < -0.4 is 0 Å². The molecule has 8 nitrogen and oxygen atoms in total. The van der Waals surface area contributed by atoms with Crippen molar-refractivity contribution in [2.75, 3.05) is 46.3 Å². The van der Waals surface area contributed by atoms with Crippen molar-refractivity contribution in [3.05, 3.63) is 12.4 Å². The van der Waals surface area contributed by atoms with Gasteiger partial charge in [0.05, 0.1) is 12.3 Å². The molecule has 2 atom stereocenters. The molecular weight excluding hydrogens is 318 g/mol. The summed E-state index contributed by atoms with van der Waals surface area (Å²) in [4.78, 5) is 4.76. The van der Waals surface area contributed by atoms with Crippen LogP contribution in [0.25, 0.3) is 0 Å². The normalized spacial score (nSPS) is 29.5. The molecule has 0 spiro atoms. The highest BCUT2D eigenvalue weighted by Gasteiger charge is 2.35. The summed E-state index contributed by atoms with van der Waals surface area (Å²) < 4.78 is 26.7. The van der Waals surface area contributed by atoms with Crippen molar-refractivity contribution in [3.63, 3.8) is 0 Å². The number of hydrogen-bond acceptors (Lipinski definition) is 6. The molecule has 2 N–H and O–H groups in total. The van der Waals surface area contributed by atoms with Crippen LogP contribution in [0, 0.1) is 0 Å². The van der Waals surface area contributed by atoms with Crippen LogP contribution in [0.5, 0.6) is 0 Å². The highest BCUT2D eigenvalue weighted by Crippen LogP contribution is 2.23. The molecule has 130 valence electrons. The molecule has 0 aliphatic carbocycles. The van der Waals surface area contributed by atoms with E-state index in [2.05, 4.69) is 27.0 Å². The molecule has 9 heteroatoms. The first-order valence-corrected chi connectivity index (χ1v) is 9.52. The van der Waals surface area contributed by atoms with E-state index in [1.807, 2.05) is 0 Å². The standard InChI is InChI=1S/C14H25N5O3S/c1-17-6-8-18(9-7-17)13-2-4-19(5-3-14(13)20)23(21,22)12-10-15-16-11-12/h10-11,13-14,20H,2-9H2,1H3,(H,15,16)/t13-,14-/m0/s1. The molecule has 0 amide bonds. The molecule has 3 rings (SSSR count). The first-order valence-electron chi connectivity index (χ1n) is 8.08. The topological polar surface area (TPSA) is 92.8 Å². The van der Waals surface area contributed by atoms with Crippen molar-refractivity contribution in [2.24, 2.45) is 0 Å². The average molecular weight is 343 g/mol. The van der Waals surface area contributed by atoms with Crippen molar-refractivity contribution < 1.29 is 13.5 Å². The Morgan fingerprint density at radius 2 is 1.87 bits per heavy atom.